The van der Waals surface area contributed by atoms with Crippen molar-refractivity contribution in [2.24, 2.45) is 0 Å². The second-order valence-electron chi connectivity index (χ2n) is 6.28. The molecule has 6 heteroatoms. The van der Waals surface area contributed by atoms with E-state index in [2.05, 4.69) is 15.6 Å². The normalized spacial score (nSPS) is 17.0. The van der Waals surface area contributed by atoms with Crippen LogP contribution in [-0.2, 0) is 11.3 Å². The topological polar surface area (TPSA) is 69.0 Å². The summed E-state index contributed by atoms with van der Waals surface area (Å²) in [5.41, 5.74) is 3.62. The van der Waals surface area contributed by atoms with E-state index in [9.17, 15) is 4.79 Å². The van der Waals surface area contributed by atoms with Gasteiger partial charge in [-0.1, -0.05) is 29.5 Å². The van der Waals surface area contributed by atoms with Gasteiger partial charge in [0.15, 0.2) is 0 Å². The SMILES string of the molecule is O=C(NC[C@@H]1CCCO1)c1ccc(Cn2nnc3ccccc32)cc1. The number of amides is 1. The largest absolute Gasteiger partial charge is 0.376 e. The van der Waals surface area contributed by atoms with E-state index in [1.54, 1.807) is 0 Å². The molecule has 1 atom stereocenters. The molecule has 1 saturated heterocycles. The van der Waals surface area contributed by atoms with Crippen molar-refractivity contribution in [2.45, 2.75) is 25.5 Å². The molecule has 1 aliphatic rings. The molecule has 128 valence electrons. The van der Waals surface area contributed by atoms with E-state index in [0.717, 1.165) is 36.0 Å². The van der Waals surface area contributed by atoms with Gasteiger partial charge < -0.3 is 10.1 Å². The summed E-state index contributed by atoms with van der Waals surface area (Å²) in [5.74, 6) is -0.0618. The highest BCUT2D eigenvalue weighted by Gasteiger charge is 2.16. The Morgan fingerprint density at radius 2 is 2.04 bits per heavy atom. The van der Waals surface area contributed by atoms with Crippen LogP contribution in [0.3, 0.4) is 0 Å². The first-order valence-electron chi connectivity index (χ1n) is 8.56. The van der Waals surface area contributed by atoms with Gasteiger partial charge >= 0.3 is 0 Å². The van der Waals surface area contributed by atoms with Crippen LogP contribution >= 0.6 is 0 Å². The highest BCUT2D eigenvalue weighted by Crippen LogP contribution is 2.13. The van der Waals surface area contributed by atoms with Crippen molar-refractivity contribution in [3.63, 3.8) is 0 Å². The third kappa shape index (κ3) is 3.53. The molecule has 4 rings (SSSR count). The van der Waals surface area contributed by atoms with E-state index in [1.807, 2.05) is 53.2 Å². The summed E-state index contributed by atoms with van der Waals surface area (Å²) in [6.45, 7) is 2.00. The fourth-order valence-electron chi connectivity index (χ4n) is 3.08. The molecule has 1 fully saturated rings. The second kappa shape index (κ2) is 7.03. The molecule has 0 unspecified atom stereocenters. The van der Waals surface area contributed by atoms with Crippen LogP contribution in [0, 0.1) is 0 Å². The maximum Gasteiger partial charge on any atom is 0.251 e. The van der Waals surface area contributed by atoms with Crippen molar-refractivity contribution in [2.75, 3.05) is 13.2 Å². The van der Waals surface area contributed by atoms with E-state index in [0.29, 0.717) is 18.7 Å². The number of rotatable bonds is 5. The molecule has 1 amide bonds. The second-order valence-corrected chi connectivity index (χ2v) is 6.28. The number of nitrogens with one attached hydrogen (secondary N) is 1. The molecule has 0 aliphatic carbocycles. The summed E-state index contributed by atoms with van der Waals surface area (Å²) in [6.07, 6.45) is 2.25. The Morgan fingerprint density at radius 3 is 2.84 bits per heavy atom. The van der Waals surface area contributed by atoms with Gasteiger partial charge in [0.1, 0.15) is 5.52 Å². The summed E-state index contributed by atoms with van der Waals surface area (Å²) >= 11 is 0. The van der Waals surface area contributed by atoms with Crippen molar-refractivity contribution < 1.29 is 9.53 Å². The first kappa shape index (κ1) is 15.8. The molecular formula is C19H20N4O2. The zero-order chi connectivity index (χ0) is 17.1. The fraction of sp³-hybridized carbons (Fsp3) is 0.316. The lowest BCUT2D eigenvalue weighted by atomic mass is 10.1. The summed E-state index contributed by atoms with van der Waals surface area (Å²) in [6, 6.07) is 15.5. The van der Waals surface area contributed by atoms with Gasteiger partial charge in [-0.05, 0) is 42.7 Å². The molecule has 1 aliphatic heterocycles. The van der Waals surface area contributed by atoms with Crippen molar-refractivity contribution >= 4 is 16.9 Å². The Bertz CT molecular complexity index is 867. The lowest BCUT2D eigenvalue weighted by Gasteiger charge is -2.11. The third-order valence-corrected chi connectivity index (χ3v) is 4.48. The highest BCUT2D eigenvalue weighted by atomic mass is 16.5. The van der Waals surface area contributed by atoms with E-state index in [4.69, 9.17) is 4.74 Å². The van der Waals surface area contributed by atoms with Gasteiger partial charge in [-0.2, -0.15) is 0 Å². The van der Waals surface area contributed by atoms with Gasteiger partial charge in [0.05, 0.1) is 18.2 Å². The maximum atomic E-state index is 12.2. The minimum atomic E-state index is -0.0618. The quantitative estimate of drug-likeness (QED) is 0.777. The molecule has 3 aromatic rings. The zero-order valence-corrected chi connectivity index (χ0v) is 13.9. The molecule has 0 radical (unpaired) electrons. The van der Waals surface area contributed by atoms with Gasteiger partial charge in [-0.25, -0.2) is 4.68 Å². The van der Waals surface area contributed by atoms with Gasteiger partial charge in [0.2, 0.25) is 0 Å². The minimum Gasteiger partial charge on any atom is -0.376 e. The van der Waals surface area contributed by atoms with Crippen LogP contribution < -0.4 is 5.32 Å². The van der Waals surface area contributed by atoms with Crippen LogP contribution in [0.5, 0.6) is 0 Å². The molecular weight excluding hydrogens is 316 g/mol. The smallest absolute Gasteiger partial charge is 0.251 e. The van der Waals surface area contributed by atoms with Crippen molar-refractivity contribution in [3.05, 3.63) is 59.7 Å². The molecule has 6 nitrogen and oxygen atoms in total. The first-order valence-corrected chi connectivity index (χ1v) is 8.56. The molecule has 1 aromatic heterocycles. The highest BCUT2D eigenvalue weighted by molar-refractivity contribution is 5.94. The summed E-state index contributed by atoms with van der Waals surface area (Å²) in [5, 5.41) is 11.3. The lowest BCUT2D eigenvalue weighted by Crippen LogP contribution is -2.31. The van der Waals surface area contributed by atoms with Crippen LogP contribution in [0.2, 0.25) is 0 Å². The number of benzene rings is 2. The first-order chi connectivity index (χ1) is 12.3. The Hall–Kier alpha value is -2.73. The Balaban J connectivity index is 1.40. The van der Waals surface area contributed by atoms with Gasteiger partial charge in [-0.15, -0.1) is 5.10 Å². The average Bonchev–Trinajstić information content (AvgIpc) is 3.31. The van der Waals surface area contributed by atoms with E-state index >= 15 is 0 Å². The summed E-state index contributed by atoms with van der Waals surface area (Å²) in [7, 11) is 0. The number of hydrogen-bond donors (Lipinski definition) is 1. The Morgan fingerprint density at radius 1 is 1.20 bits per heavy atom. The van der Waals surface area contributed by atoms with E-state index < -0.39 is 0 Å². The predicted molar refractivity (Wildman–Crippen MR) is 94.4 cm³/mol. The number of ether oxygens (including phenoxy) is 1. The summed E-state index contributed by atoms with van der Waals surface area (Å²) in [4.78, 5) is 12.2. The molecule has 0 bridgehead atoms. The lowest BCUT2D eigenvalue weighted by molar-refractivity contribution is 0.0858. The van der Waals surface area contributed by atoms with Crippen LogP contribution in [-0.4, -0.2) is 40.2 Å². The predicted octanol–water partition coefficient (Wildman–Crippen LogP) is 2.39. The number of carbonyl (C=O) groups excluding carboxylic acids is 1. The zero-order valence-electron chi connectivity index (χ0n) is 13.9. The van der Waals surface area contributed by atoms with E-state index in [1.165, 1.54) is 0 Å². The number of nitrogens with zero attached hydrogens (tertiary/aromatic N) is 3. The number of carbonyl (C=O) groups is 1. The third-order valence-electron chi connectivity index (χ3n) is 4.48. The monoisotopic (exact) mass is 336 g/mol. The molecule has 0 spiro atoms. The number of fused-ring (bicyclic) bond motifs is 1. The van der Waals surface area contributed by atoms with Crippen LogP contribution in [0.4, 0.5) is 0 Å². The minimum absolute atomic E-state index is 0.0618. The Labute approximate surface area is 145 Å². The standard InChI is InChI=1S/C19H20N4O2/c24-19(20-12-16-4-3-11-25-16)15-9-7-14(8-10-15)13-23-18-6-2-1-5-17(18)21-22-23/h1-2,5-10,16H,3-4,11-13H2,(H,20,24)/t16-/m0/s1. The fourth-order valence-corrected chi connectivity index (χ4v) is 3.08. The molecule has 2 heterocycles. The van der Waals surface area contributed by atoms with Crippen LogP contribution in [0.1, 0.15) is 28.8 Å². The summed E-state index contributed by atoms with van der Waals surface area (Å²) < 4.78 is 7.38. The number of aromatic nitrogens is 3. The average molecular weight is 336 g/mol. The van der Waals surface area contributed by atoms with Crippen molar-refractivity contribution in [1.29, 1.82) is 0 Å². The Kier molecular flexibility index (Phi) is 4.43. The van der Waals surface area contributed by atoms with E-state index in [-0.39, 0.29) is 12.0 Å². The van der Waals surface area contributed by atoms with Gasteiger partial charge in [0, 0.05) is 18.7 Å². The van der Waals surface area contributed by atoms with Gasteiger partial charge in [0.25, 0.3) is 5.91 Å². The van der Waals surface area contributed by atoms with Gasteiger partial charge in [-0.3, -0.25) is 4.79 Å². The number of para-hydroxylation sites is 1. The van der Waals surface area contributed by atoms with Crippen molar-refractivity contribution in [3.8, 4) is 0 Å². The van der Waals surface area contributed by atoms with Crippen molar-refractivity contribution in [1.82, 2.24) is 20.3 Å². The molecule has 2 aromatic carbocycles. The maximum absolute atomic E-state index is 12.2. The molecule has 0 saturated carbocycles. The molecule has 25 heavy (non-hydrogen) atoms. The molecule has 1 N–H and O–H groups in total. The van der Waals surface area contributed by atoms with Crippen LogP contribution in [0.15, 0.2) is 48.5 Å². The van der Waals surface area contributed by atoms with Crippen LogP contribution in [0.25, 0.3) is 11.0 Å². The number of hydrogen-bond acceptors (Lipinski definition) is 4.